The Labute approximate surface area is 156 Å². The summed E-state index contributed by atoms with van der Waals surface area (Å²) in [7, 11) is 0. The molecule has 0 aliphatic carbocycles. The number of amides is 1. The maximum atomic E-state index is 12.5. The average Bonchev–Trinajstić information content (AvgIpc) is 3.26. The summed E-state index contributed by atoms with van der Waals surface area (Å²) in [6.07, 6.45) is 1.65. The molecule has 0 saturated carbocycles. The van der Waals surface area contributed by atoms with Crippen LogP contribution in [0.2, 0.25) is 5.02 Å². The van der Waals surface area contributed by atoms with E-state index < -0.39 is 0 Å². The molecular formula is C19H19ClN2O2S. The molecule has 0 saturated heterocycles. The summed E-state index contributed by atoms with van der Waals surface area (Å²) in [5.41, 5.74) is 1.61. The van der Waals surface area contributed by atoms with Gasteiger partial charge in [-0.2, -0.15) is 0 Å². The molecule has 0 unspecified atom stereocenters. The Bertz CT molecular complexity index is 780. The highest BCUT2D eigenvalue weighted by atomic mass is 35.5. The van der Waals surface area contributed by atoms with Crippen LogP contribution in [0.15, 0.2) is 58.5 Å². The number of nitrogens with one attached hydrogen (secondary N) is 1. The van der Waals surface area contributed by atoms with Crippen LogP contribution in [0.5, 0.6) is 0 Å². The molecule has 4 nitrogen and oxygen atoms in total. The number of furan rings is 1. The number of carbonyl (C=O) groups is 1. The molecule has 2 heterocycles. The van der Waals surface area contributed by atoms with Gasteiger partial charge in [-0.3, -0.25) is 9.69 Å². The Morgan fingerprint density at radius 3 is 2.80 bits per heavy atom. The Morgan fingerprint density at radius 2 is 2.08 bits per heavy atom. The summed E-state index contributed by atoms with van der Waals surface area (Å²) >= 11 is 7.80. The number of hydrogen-bond donors (Lipinski definition) is 1. The third-order valence-electron chi connectivity index (χ3n) is 3.83. The smallest absolute Gasteiger partial charge is 0.238 e. The van der Waals surface area contributed by atoms with Crippen molar-refractivity contribution in [2.45, 2.75) is 20.0 Å². The topological polar surface area (TPSA) is 45.5 Å². The SMILES string of the molecule is Cc1c(Cl)cccc1NC(=O)CN(Cc1ccco1)Cc1cccs1. The van der Waals surface area contributed by atoms with Crippen LogP contribution in [0.25, 0.3) is 0 Å². The zero-order valence-corrected chi connectivity index (χ0v) is 15.4. The first-order valence-corrected chi connectivity index (χ1v) is 9.19. The summed E-state index contributed by atoms with van der Waals surface area (Å²) in [6, 6.07) is 13.4. The number of thiophene rings is 1. The van der Waals surface area contributed by atoms with Crippen molar-refractivity contribution in [1.82, 2.24) is 4.90 Å². The van der Waals surface area contributed by atoms with Crippen molar-refractivity contribution in [2.75, 3.05) is 11.9 Å². The van der Waals surface area contributed by atoms with Crippen molar-refractivity contribution < 1.29 is 9.21 Å². The molecule has 3 aromatic rings. The average molecular weight is 375 g/mol. The Balaban J connectivity index is 1.68. The van der Waals surface area contributed by atoms with Gasteiger partial charge in [0, 0.05) is 22.1 Å². The van der Waals surface area contributed by atoms with E-state index in [1.807, 2.05) is 48.7 Å². The number of halogens is 1. The minimum absolute atomic E-state index is 0.0755. The van der Waals surface area contributed by atoms with Gasteiger partial charge in [-0.05, 0) is 48.2 Å². The quantitative estimate of drug-likeness (QED) is 0.636. The second-order valence-corrected chi connectivity index (χ2v) is 7.20. The summed E-state index contributed by atoms with van der Waals surface area (Å²) in [4.78, 5) is 15.8. The Morgan fingerprint density at radius 1 is 1.20 bits per heavy atom. The lowest BCUT2D eigenvalue weighted by atomic mass is 10.2. The van der Waals surface area contributed by atoms with Gasteiger partial charge in [-0.25, -0.2) is 0 Å². The highest BCUT2D eigenvalue weighted by molar-refractivity contribution is 7.09. The number of benzene rings is 1. The Hall–Kier alpha value is -2.08. The third-order valence-corrected chi connectivity index (χ3v) is 5.10. The molecule has 1 aromatic carbocycles. The van der Waals surface area contributed by atoms with E-state index in [0.717, 1.165) is 17.0 Å². The van der Waals surface area contributed by atoms with E-state index in [2.05, 4.69) is 16.3 Å². The summed E-state index contributed by atoms with van der Waals surface area (Å²) in [5, 5.41) is 5.63. The molecule has 0 spiro atoms. The normalized spacial score (nSPS) is 11.0. The molecule has 0 radical (unpaired) electrons. The van der Waals surface area contributed by atoms with Crippen molar-refractivity contribution >= 4 is 34.5 Å². The van der Waals surface area contributed by atoms with Crippen LogP contribution in [-0.4, -0.2) is 17.4 Å². The molecule has 0 aliphatic heterocycles. The Kier molecular flexibility index (Phi) is 5.91. The van der Waals surface area contributed by atoms with Crippen LogP contribution in [0.3, 0.4) is 0 Å². The lowest BCUT2D eigenvalue weighted by molar-refractivity contribution is -0.117. The molecule has 0 fully saturated rings. The van der Waals surface area contributed by atoms with Crippen LogP contribution in [0, 0.1) is 6.92 Å². The maximum Gasteiger partial charge on any atom is 0.238 e. The molecule has 3 rings (SSSR count). The lowest BCUT2D eigenvalue weighted by Crippen LogP contribution is -2.32. The third kappa shape index (κ3) is 4.95. The van der Waals surface area contributed by atoms with Crippen LogP contribution in [-0.2, 0) is 17.9 Å². The van der Waals surface area contributed by atoms with E-state index in [-0.39, 0.29) is 12.5 Å². The predicted octanol–water partition coefficient (Wildman–Crippen LogP) is 4.94. The first-order valence-electron chi connectivity index (χ1n) is 7.94. The summed E-state index contributed by atoms with van der Waals surface area (Å²) in [6.45, 7) is 3.43. The number of anilines is 1. The molecule has 130 valence electrons. The minimum atomic E-state index is -0.0755. The highest BCUT2D eigenvalue weighted by Crippen LogP contribution is 2.23. The van der Waals surface area contributed by atoms with Crippen LogP contribution >= 0.6 is 22.9 Å². The van der Waals surface area contributed by atoms with E-state index in [1.54, 1.807) is 17.6 Å². The second-order valence-electron chi connectivity index (χ2n) is 5.76. The van der Waals surface area contributed by atoms with E-state index >= 15 is 0 Å². The van der Waals surface area contributed by atoms with Crippen molar-refractivity contribution in [3.8, 4) is 0 Å². The molecular weight excluding hydrogens is 356 g/mol. The predicted molar refractivity (Wildman–Crippen MR) is 102 cm³/mol. The fourth-order valence-corrected chi connectivity index (χ4v) is 3.47. The highest BCUT2D eigenvalue weighted by Gasteiger charge is 2.15. The fraction of sp³-hybridized carbons (Fsp3) is 0.211. The second kappa shape index (κ2) is 8.34. The number of rotatable bonds is 7. The van der Waals surface area contributed by atoms with Gasteiger partial charge < -0.3 is 9.73 Å². The van der Waals surface area contributed by atoms with E-state index in [1.165, 1.54) is 4.88 Å². The van der Waals surface area contributed by atoms with Gasteiger partial charge in [0.1, 0.15) is 5.76 Å². The fourth-order valence-electron chi connectivity index (χ4n) is 2.55. The molecule has 0 aliphatic rings. The van der Waals surface area contributed by atoms with Gasteiger partial charge in [-0.1, -0.05) is 23.7 Å². The molecule has 0 bridgehead atoms. The first kappa shape index (κ1) is 17.7. The van der Waals surface area contributed by atoms with Crippen LogP contribution < -0.4 is 5.32 Å². The molecule has 0 atom stereocenters. The van der Waals surface area contributed by atoms with Gasteiger partial charge in [-0.15, -0.1) is 11.3 Å². The molecule has 1 N–H and O–H groups in total. The lowest BCUT2D eigenvalue weighted by Gasteiger charge is -2.20. The van der Waals surface area contributed by atoms with Crippen LogP contribution in [0.1, 0.15) is 16.2 Å². The van der Waals surface area contributed by atoms with Gasteiger partial charge in [0.25, 0.3) is 0 Å². The van der Waals surface area contributed by atoms with Crippen molar-refractivity contribution in [3.05, 3.63) is 75.3 Å². The zero-order valence-electron chi connectivity index (χ0n) is 13.9. The molecule has 2 aromatic heterocycles. The largest absolute Gasteiger partial charge is 0.468 e. The summed E-state index contributed by atoms with van der Waals surface area (Å²) < 4.78 is 5.43. The monoisotopic (exact) mass is 374 g/mol. The van der Waals surface area contributed by atoms with Crippen LogP contribution in [0.4, 0.5) is 5.69 Å². The first-order chi connectivity index (χ1) is 12.1. The minimum Gasteiger partial charge on any atom is -0.468 e. The molecule has 6 heteroatoms. The summed E-state index contributed by atoms with van der Waals surface area (Å²) in [5.74, 6) is 0.761. The standard InChI is InChI=1S/C19H19ClN2O2S/c1-14-17(20)7-2-8-18(14)21-19(23)13-22(11-15-5-3-9-24-15)12-16-6-4-10-25-16/h2-10H,11-13H2,1H3,(H,21,23). The maximum absolute atomic E-state index is 12.5. The van der Waals surface area contributed by atoms with E-state index in [9.17, 15) is 4.79 Å². The number of carbonyl (C=O) groups excluding carboxylic acids is 1. The van der Waals surface area contributed by atoms with Gasteiger partial charge in [0.15, 0.2) is 0 Å². The van der Waals surface area contributed by atoms with Crippen molar-refractivity contribution in [2.24, 2.45) is 0 Å². The van der Waals surface area contributed by atoms with Gasteiger partial charge >= 0.3 is 0 Å². The molecule has 25 heavy (non-hydrogen) atoms. The van der Waals surface area contributed by atoms with Gasteiger partial charge in [0.2, 0.25) is 5.91 Å². The van der Waals surface area contributed by atoms with E-state index in [4.69, 9.17) is 16.0 Å². The molecule has 1 amide bonds. The number of hydrogen-bond acceptors (Lipinski definition) is 4. The van der Waals surface area contributed by atoms with Crippen molar-refractivity contribution in [1.29, 1.82) is 0 Å². The van der Waals surface area contributed by atoms with Gasteiger partial charge in [0.05, 0.1) is 19.4 Å². The van der Waals surface area contributed by atoms with Crippen molar-refractivity contribution in [3.63, 3.8) is 0 Å². The zero-order chi connectivity index (χ0) is 17.6. The number of nitrogens with zero attached hydrogens (tertiary/aromatic N) is 1. The van der Waals surface area contributed by atoms with E-state index in [0.29, 0.717) is 18.1 Å².